The van der Waals surface area contributed by atoms with Crippen molar-refractivity contribution in [2.45, 2.75) is 6.92 Å². The van der Waals surface area contributed by atoms with Crippen LogP contribution < -0.4 is 4.74 Å². The van der Waals surface area contributed by atoms with Crippen LogP contribution in [0.4, 0.5) is 0 Å². The summed E-state index contributed by atoms with van der Waals surface area (Å²) >= 11 is 14.0. The quantitative estimate of drug-likeness (QED) is 0.623. The van der Waals surface area contributed by atoms with Gasteiger partial charge in [-0.15, -0.1) is 11.3 Å². The van der Waals surface area contributed by atoms with E-state index in [9.17, 15) is 0 Å². The van der Waals surface area contributed by atoms with Gasteiger partial charge in [-0.3, -0.25) is 0 Å². The zero-order valence-corrected chi connectivity index (χ0v) is 13.1. The third-order valence-corrected chi connectivity index (χ3v) is 4.36. The molecule has 0 radical (unpaired) electrons. The Morgan fingerprint density at radius 1 is 1.15 bits per heavy atom. The van der Waals surface area contributed by atoms with E-state index in [0.717, 1.165) is 21.6 Å². The molecule has 0 unspecified atom stereocenters. The molecule has 3 rings (SSSR count). The molecule has 0 fully saturated rings. The number of hydrogen-bond acceptors (Lipinski definition) is 4. The summed E-state index contributed by atoms with van der Waals surface area (Å²) in [6, 6.07) is 5.68. The third kappa shape index (κ3) is 2.35. The van der Waals surface area contributed by atoms with Crippen LogP contribution in [0.1, 0.15) is 5.56 Å². The molecule has 0 N–H and O–H groups in total. The van der Waals surface area contributed by atoms with Gasteiger partial charge in [-0.05, 0) is 24.6 Å². The summed E-state index contributed by atoms with van der Waals surface area (Å²) in [5.41, 5.74) is 1.69. The van der Waals surface area contributed by atoms with Crippen molar-refractivity contribution in [3.8, 4) is 16.5 Å². The number of benzene rings is 1. The van der Waals surface area contributed by atoms with E-state index >= 15 is 0 Å². The van der Waals surface area contributed by atoms with E-state index in [1.165, 1.54) is 11.3 Å². The predicted molar refractivity (Wildman–Crippen MR) is 84.2 cm³/mol. The Balaban J connectivity index is 2.23. The number of aryl methyl sites for hydroxylation is 1. The van der Waals surface area contributed by atoms with Gasteiger partial charge in [0.15, 0.2) is 5.82 Å². The summed E-state index contributed by atoms with van der Waals surface area (Å²) in [7, 11) is 1.62. The lowest BCUT2D eigenvalue weighted by atomic mass is 10.1. The first-order chi connectivity index (χ1) is 9.58. The fraction of sp³-hybridized carbons (Fsp3) is 0.143. The Labute approximate surface area is 130 Å². The zero-order chi connectivity index (χ0) is 14.3. The van der Waals surface area contributed by atoms with Crippen molar-refractivity contribution >= 4 is 45.4 Å². The number of hydrogen-bond donors (Lipinski definition) is 0. The molecule has 2 heterocycles. The molecule has 20 heavy (non-hydrogen) atoms. The summed E-state index contributed by atoms with van der Waals surface area (Å²) in [5.74, 6) is 1.33. The minimum absolute atomic E-state index is 0.406. The molecule has 102 valence electrons. The summed E-state index contributed by atoms with van der Waals surface area (Å²) in [6.45, 7) is 1.96. The molecule has 0 bridgehead atoms. The first-order valence-electron chi connectivity index (χ1n) is 5.85. The lowest BCUT2D eigenvalue weighted by Crippen LogP contribution is -1.92. The molecule has 0 saturated carbocycles. The number of thiophene rings is 1. The molecule has 3 aromatic rings. The van der Waals surface area contributed by atoms with Crippen LogP contribution in [0.5, 0.6) is 5.75 Å². The average Bonchev–Trinajstić information content (AvgIpc) is 2.88. The minimum Gasteiger partial charge on any atom is -0.496 e. The highest BCUT2D eigenvalue weighted by Crippen LogP contribution is 2.33. The Morgan fingerprint density at radius 2 is 1.95 bits per heavy atom. The van der Waals surface area contributed by atoms with Crippen LogP contribution in [0.25, 0.3) is 21.6 Å². The lowest BCUT2D eigenvalue weighted by Gasteiger charge is -2.06. The molecule has 0 aliphatic carbocycles. The van der Waals surface area contributed by atoms with E-state index in [1.807, 2.05) is 30.5 Å². The molecule has 0 saturated heterocycles. The van der Waals surface area contributed by atoms with Crippen molar-refractivity contribution in [2.24, 2.45) is 0 Å². The summed E-state index contributed by atoms with van der Waals surface area (Å²) in [4.78, 5) is 9.76. The van der Waals surface area contributed by atoms with Gasteiger partial charge in [0.2, 0.25) is 0 Å². The van der Waals surface area contributed by atoms with Gasteiger partial charge in [0.25, 0.3) is 0 Å². The Bertz CT molecular complexity index is 801. The SMILES string of the molecule is COc1csc(-c2nc(Cl)c3cc(C)cc(Cl)c3n2)c1. The van der Waals surface area contributed by atoms with Crippen LogP contribution in [0.15, 0.2) is 23.6 Å². The van der Waals surface area contributed by atoms with Crippen LogP contribution >= 0.6 is 34.5 Å². The van der Waals surface area contributed by atoms with Crippen molar-refractivity contribution in [1.29, 1.82) is 0 Å². The summed E-state index contributed by atoms with van der Waals surface area (Å²) in [6.07, 6.45) is 0. The maximum atomic E-state index is 6.26. The number of rotatable bonds is 2. The highest BCUT2D eigenvalue weighted by atomic mass is 35.5. The van der Waals surface area contributed by atoms with Crippen molar-refractivity contribution in [2.75, 3.05) is 7.11 Å². The molecule has 6 heteroatoms. The van der Waals surface area contributed by atoms with E-state index in [2.05, 4.69) is 9.97 Å². The number of nitrogens with zero attached hydrogens (tertiary/aromatic N) is 2. The fourth-order valence-corrected chi connectivity index (χ4v) is 3.27. The molecular formula is C14H10Cl2N2OS. The molecule has 2 aromatic heterocycles. The van der Waals surface area contributed by atoms with Gasteiger partial charge in [0.1, 0.15) is 10.9 Å². The van der Waals surface area contributed by atoms with Crippen molar-refractivity contribution < 1.29 is 4.74 Å². The molecule has 3 nitrogen and oxygen atoms in total. The molecule has 0 spiro atoms. The second-order valence-electron chi connectivity index (χ2n) is 4.33. The van der Waals surface area contributed by atoms with Gasteiger partial charge in [0.05, 0.1) is 22.5 Å². The van der Waals surface area contributed by atoms with Gasteiger partial charge in [-0.25, -0.2) is 9.97 Å². The fourth-order valence-electron chi connectivity index (χ4n) is 1.94. The molecule has 0 atom stereocenters. The van der Waals surface area contributed by atoms with Crippen LogP contribution in [0.3, 0.4) is 0 Å². The van der Waals surface area contributed by atoms with Gasteiger partial charge in [0, 0.05) is 16.8 Å². The van der Waals surface area contributed by atoms with Gasteiger partial charge in [-0.2, -0.15) is 0 Å². The molecular weight excluding hydrogens is 315 g/mol. The number of halogens is 2. The molecule has 1 aromatic carbocycles. The van der Waals surface area contributed by atoms with E-state index < -0.39 is 0 Å². The van der Waals surface area contributed by atoms with E-state index in [-0.39, 0.29) is 0 Å². The van der Waals surface area contributed by atoms with Crippen molar-refractivity contribution in [1.82, 2.24) is 9.97 Å². The van der Waals surface area contributed by atoms with Crippen LogP contribution in [0, 0.1) is 6.92 Å². The van der Waals surface area contributed by atoms with E-state index in [1.54, 1.807) is 7.11 Å². The Kier molecular flexibility index (Phi) is 3.54. The highest BCUT2D eigenvalue weighted by molar-refractivity contribution is 7.13. The minimum atomic E-state index is 0.406. The molecule has 0 aliphatic heterocycles. The number of ether oxygens (including phenoxy) is 1. The van der Waals surface area contributed by atoms with Gasteiger partial charge < -0.3 is 4.74 Å². The normalized spacial score (nSPS) is 11.0. The second kappa shape index (κ2) is 5.20. The largest absolute Gasteiger partial charge is 0.496 e. The summed E-state index contributed by atoms with van der Waals surface area (Å²) < 4.78 is 5.17. The highest BCUT2D eigenvalue weighted by Gasteiger charge is 2.13. The smallest absolute Gasteiger partial charge is 0.171 e. The van der Waals surface area contributed by atoms with Gasteiger partial charge >= 0.3 is 0 Å². The third-order valence-electron chi connectivity index (χ3n) is 2.88. The monoisotopic (exact) mass is 324 g/mol. The molecule has 0 amide bonds. The number of methoxy groups -OCH3 is 1. The number of aromatic nitrogens is 2. The maximum Gasteiger partial charge on any atom is 0.171 e. The Morgan fingerprint density at radius 3 is 2.65 bits per heavy atom. The first kappa shape index (κ1) is 13.6. The van der Waals surface area contributed by atoms with Crippen LogP contribution in [-0.2, 0) is 0 Å². The van der Waals surface area contributed by atoms with Crippen LogP contribution in [0.2, 0.25) is 10.2 Å². The first-order valence-corrected chi connectivity index (χ1v) is 7.48. The standard InChI is InChI=1S/C14H10Cl2N2OS/c1-7-3-9-12(10(15)4-7)17-14(18-13(9)16)11-5-8(19-2)6-20-11/h3-6H,1-2H3. The predicted octanol–water partition coefficient (Wildman–Crippen LogP) is 4.98. The topological polar surface area (TPSA) is 35.0 Å². The number of fused-ring (bicyclic) bond motifs is 1. The van der Waals surface area contributed by atoms with E-state index in [4.69, 9.17) is 27.9 Å². The van der Waals surface area contributed by atoms with Crippen LogP contribution in [-0.4, -0.2) is 17.1 Å². The van der Waals surface area contributed by atoms with Crippen molar-refractivity contribution in [3.63, 3.8) is 0 Å². The lowest BCUT2D eigenvalue weighted by molar-refractivity contribution is 0.417. The maximum absolute atomic E-state index is 6.26. The van der Waals surface area contributed by atoms with Crippen molar-refractivity contribution in [3.05, 3.63) is 39.3 Å². The zero-order valence-electron chi connectivity index (χ0n) is 10.8. The second-order valence-corrected chi connectivity index (χ2v) is 6.01. The summed E-state index contributed by atoms with van der Waals surface area (Å²) in [5, 5.41) is 3.65. The Hall–Kier alpha value is -1.36. The van der Waals surface area contributed by atoms with E-state index in [0.29, 0.717) is 21.5 Å². The molecule has 0 aliphatic rings. The van der Waals surface area contributed by atoms with Gasteiger partial charge in [-0.1, -0.05) is 23.2 Å². The average molecular weight is 325 g/mol.